The van der Waals surface area contributed by atoms with Gasteiger partial charge in [-0.2, -0.15) is 15.0 Å². The third-order valence-electron chi connectivity index (χ3n) is 3.20. The number of aromatic nitrogens is 3. The molecular weight excluding hydrogens is 242 g/mol. The van der Waals surface area contributed by atoms with Gasteiger partial charge in [0.05, 0.1) is 6.10 Å². The second-order valence-electron chi connectivity index (χ2n) is 5.21. The van der Waals surface area contributed by atoms with Gasteiger partial charge in [0.2, 0.25) is 11.9 Å². The number of hydrogen-bond acceptors (Lipinski definition) is 6. The fraction of sp³-hybridized carbons (Fsp3) is 0.769. The predicted molar refractivity (Wildman–Crippen MR) is 75.6 cm³/mol. The highest BCUT2D eigenvalue weighted by Gasteiger charge is 2.15. The minimum absolute atomic E-state index is 0.0507. The summed E-state index contributed by atoms with van der Waals surface area (Å²) in [6, 6.07) is 0.364. The molecular formula is C13H23N5O. The Balaban J connectivity index is 2.00. The second-order valence-corrected chi connectivity index (χ2v) is 5.21. The molecule has 6 nitrogen and oxygen atoms in total. The summed E-state index contributed by atoms with van der Waals surface area (Å²) in [5, 5.41) is 6.22. The number of nitrogens with one attached hydrogen (secondary N) is 2. The lowest BCUT2D eigenvalue weighted by molar-refractivity contribution is 0.222. The molecule has 0 aromatic carbocycles. The molecule has 0 saturated heterocycles. The van der Waals surface area contributed by atoms with Gasteiger partial charge in [0.15, 0.2) is 0 Å². The SMILES string of the molecule is CNc1nc(NCC2CCCC2)nc(OC(C)C)n1. The lowest BCUT2D eigenvalue weighted by Gasteiger charge is -2.13. The molecule has 0 spiro atoms. The van der Waals surface area contributed by atoms with E-state index in [0.717, 1.165) is 12.5 Å². The van der Waals surface area contributed by atoms with Gasteiger partial charge in [0.1, 0.15) is 0 Å². The molecule has 0 bridgehead atoms. The molecule has 2 rings (SSSR count). The van der Waals surface area contributed by atoms with Crippen molar-refractivity contribution in [3.8, 4) is 6.01 Å². The van der Waals surface area contributed by atoms with E-state index in [1.54, 1.807) is 7.05 Å². The Bertz CT molecular complexity index is 404. The molecule has 6 heteroatoms. The molecule has 1 fully saturated rings. The average Bonchev–Trinajstić information content (AvgIpc) is 2.88. The lowest BCUT2D eigenvalue weighted by atomic mass is 10.1. The van der Waals surface area contributed by atoms with Gasteiger partial charge >= 0.3 is 6.01 Å². The lowest BCUT2D eigenvalue weighted by Crippen LogP contribution is -2.16. The summed E-state index contributed by atoms with van der Waals surface area (Å²) in [5.41, 5.74) is 0. The van der Waals surface area contributed by atoms with Crippen LogP contribution in [0.25, 0.3) is 0 Å². The quantitative estimate of drug-likeness (QED) is 0.822. The molecule has 1 aliphatic carbocycles. The smallest absolute Gasteiger partial charge is 0.323 e. The molecule has 0 aliphatic heterocycles. The van der Waals surface area contributed by atoms with Gasteiger partial charge in [-0.15, -0.1) is 0 Å². The number of ether oxygens (including phenoxy) is 1. The molecule has 0 atom stereocenters. The Morgan fingerprint density at radius 2 is 1.84 bits per heavy atom. The molecule has 1 aromatic heterocycles. The van der Waals surface area contributed by atoms with Gasteiger partial charge in [0, 0.05) is 13.6 Å². The van der Waals surface area contributed by atoms with Gasteiger partial charge in [-0.25, -0.2) is 0 Å². The van der Waals surface area contributed by atoms with Crippen molar-refractivity contribution in [3.05, 3.63) is 0 Å². The van der Waals surface area contributed by atoms with Crippen molar-refractivity contribution < 1.29 is 4.74 Å². The van der Waals surface area contributed by atoms with E-state index in [9.17, 15) is 0 Å². The first-order valence-corrected chi connectivity index (χ1v) is 7.01. The number of anilines is 2. The maximum absolute atomic E-state index is 5.53. The maximum Gasteiger partial charge on any atom is 0.323 e. The van der Waals surface area contributed by atoms with Crippen molar-refractivity contribution in [1.82, 2.24) is 15.0 Å². The first-order valence-electron chi connectivity index (χ1n) is 7.01. The summed E-state index contributed by atoms with van der Waals surface area (Å²) in [5.74, 6) is 1.85. The molecule has 1 heterocycles. The molecule has 0 amide bonds. The zero-order valence-corrected chi connectivity index (χ0v) is 11.9. The fourth-order valence-electron chi connectivity index (χ4n) is 2.26. The van der Waals surface area contributed by atoms with Crippen LogP contribution in [0.2, 0.25) is 0 Å². The molecule has 2 N–H and O–H groups in total. The molecule has 106 valence electrons. The molecule has 0 radical (unpaired) electrons. The van der Waals surface area contributed by atoms with Crippen LogP contribution in [-0.4, -0.2) is 34.6 Å². The van der Waals surface area contributed by atoms with Gasteiger partial charge < -0.3 is 15.4 Å². The van der Waals surface area contributed by atoms with E-state index < -0.39 is 0 Å². The van der Waals surface area contributed by atoms with E-state index in [1.807, 2.05) is 13.8 Å². The van der Waals surface area contributed by atoms with Crippen LogP contribution in [0.5, 0.6) is 6.01 Å². The third kappa shape index (κ3) is 4.22. The third-order valence-corrected chi connectivity index (χ3v) is 3.20. The Labute approximate surface area is 114 Å². The van der Waals surface area contributed by atoms with Crippen LogP contribution in [0.3, 0.4) is 0 Å². The van der Waals surface area contributed by atoms with Crippen LogP contribution in [0.15, 0.2) is 0 Å². The van der Waals surface area contributed by atoms with Crippen molar-refractivity contribution in [2.45, 2.75) is 45.6 Å². The van der Waals surface area contributed by atoms with Gasteiger partial charge in [-0.3, -0.25) is 0 Å². The Kier molecular flexibility index (Phi) is 4.76. The van der Waals surface area contributed by atoms with Crippen molar-refractivity contribution >= 4 is 11.9 Å². The van der Waals surface area contributed by atoms with Gasteiger partial charge in [-0.05, 0) is 32.6 Å². The monoisotopic (exact) mass is 265 g/mol. The van der Waals surface area contributed by atoms with E-state index in [0.29, 0.717) is 17.9 Å². The molecule has 1 aliphatic rings. The van der Waals surface area contributed by atoms with E-state index in [-0.39, 0.29) is 6.10 Å². The molecule has 1 saturated carbocycles. The van der Waals surface area contributed by atoms with Crippen molar-refractivity contribution in [3.63, 3.8) is 0 Å². The fourth-order valence-corrected chi connectivity index (χ4v) is 2.26. The van der Waals surface area contributed by atoms with Crippen LogP contribution in [-0.2, 0) is 0 Å². The standard InChI is InChI=1S/C13H23N5O/c1-9(2)19-13-17-11(14-3)16-12(18-13)15-8-10-6-4-5-7-10/h9-10H,4-8H2,1-3H3,(H2,14,15,16,17,18). The maximum atomic E-state index is 5.53. The second kappa shape index (κ2) is 6.54. The number of hydrogen-bond donors (Lipinski definition) is 2. The highest BCUT2D eigenvalue weighted by Crippen LogP contribution is 2.24. The first kappa shape index (κ1) is 13.8. The summed E-state index contributed by atoms with van der Waals surface area (Å²) >= 11 is 0. The van der Waals surface area contributed by atoms with Crippen LogP contribution < -0.4 is 15.4 Å². The van der Waals surface area contributed by atoms with Crippen molar-refractivity contribution in [2.24, 2.45) is 5.92 Å². The van der Waals surface area contributed by atoms with Crippen LogP contribution >= 0.6 is 0 Å². The minimum atomic E-state index is 0.0507. The zero-order chi connectivity index (χ0) is 13.7. The van der Waals surface area contributed by atoms with Gasteiger partial charge in [0.25, 0.3) is 0 Å². The summed E-state index contributed by atoms with van der Waals surface area (Å²) in [7, 11) is 1.79. The Morgan fingerprint density at radius 1 is 1.16 bits per heavy atom. The molecule has 0 unspecified atom stereocenters. The highest BCUT2D eigenvalue weighted by atomic mass is 16.5. The van der Waals surface area contributed by atoms with E-state index in [1.165, 1.54) is 25.7 Å². The Hall–Kier alpha value is -1.59. The molecule has 1 aromatic rings. The van der Waals surface area contributed by atoms with Crippen molar-refractivity contribution in [2.75, 3.05) is 24.2 Å². The van der Waals surface area contributed by atoms with E-state index in [2.05, 4.69) is 25.6 Å². The average molecular weight is 265 g/mol. The molecule has 19 heavy (non-hydrogen) atoms. The number of rotatable bonds is 6. The zero-order valence-electron chi connectivity index (χ0n) is 11.9. The number of nitrogens with zero attached hydrogens (tertiary/aromatic N) is 3. The summed E-state index contributed by atoms with van der Waals surface area (Å²) in [6.07, 6.45) is 5.33. The summed E-state index contributed by atoms with van der Waals surface area (Å²) < 4.78 is 5.53. The predicted octanol–water partition coefficient (Wildman–Crippen LogP) is 2.30. The minimum Gasteiger partial charge on any atom is -0.461 e. The summed E-state index contributed by atoms with van der Waals surface area (Å²) in [6.45, 7) is 4.83. The first-order chi connectivity index (χ1) is 9.17. The van der Waals surface area contributed by atoms with Gasteiger partial charge in [-0.1, -0.05) is 12.8 Å². The largest absolute Gasteiger partial charge is 0.461 e. The Morgan fingerprint density at radius 3 is 2.47 bits per heavy atom. The topological polar surface area (TPSA) is 72.0 Å². The van der Waals surface area contributed by atoms with Crippen LogP contribution in [0.1, 0.15) is 39.5 Å². The van der Waals surface area contributed by atoms with E-state index in [4.69, 9.17) is 4.74 Å². The highest BCUT2D eigenvalue weighted by molar-refractivity contribution is 5.35. The van der Waals surface area contributed by atoms with Crippen LogP contribution in [0, 0.1) is 5.92 Å². The normalized spacial score (nSPS) is 15.8. The van der Waals surface area contributed by atoms with Crippen LogP contribution in [0.4, 0.5) is 11.9 Å². The van der Waals surface area contributed by atoms with E-state index >= 15 is 0 Å². The summed E-state index contributed by atoms with van der Waals surface area (Å²) in [4.78, 5) is 12.8. The van der Waals surface area contributed by atoms with Crippen molar-refractivity contribution in [1.29, 1.82) is 0 Å².